The first-order valence-corrected chi connectivity index (χ1v) is 7.69. The van der Waals surface area contributed by atoms with Gasteiger partial charge in [0.2, 0.25) is 0 Å². The SMILES string of the molecule is CC1(NCC(=O)O)CCN(C(=O)c2cc3cc(Cl)ccc3o2)C1. The molecule has 6 nitrogen and oxygen atoms in total. The highest BCUT2D eigenvalue weighted by molar-refractivity contribution is 6.31. The number of nitrogens with zero attached hydrogens (tertiary/aromatic N) is 1. The third-order valence-corrected chi connectivity index (χ3v) is 4.35. The number of fused-ring (bicyclic) bond motifs is 1. The summed E-state index contributed by atoms with van der Waals surface area (Å²) in [6, 6.07) is 6.88. The molecule has 1 amide bonds. The lowest BCUT2D eigenvalue weighted by Gasteiger charge is -2.25. The standard InChI is InChI=1S/C16H17ClN2O4/c1-16(18-8-14(20)21)4-5-19(9-16)15(22)13-7-10-6-11(17)2-3-12(10)23-13/h2-3,6-7,18H,4-5,8-9H2,1H3,(H,20,21). The van der Waals surface area contributed by atoms with Crippen LogP contribution in [0.4, 0.5) is 0 Å². The lowest BCUT2D eigenvalue weighted by Crippen LogP contribution is -2.47. The van der Waals surface area contributed by atoms with Gasteiger partial charge in [-0.2, -0.15) is 0 Å². The van der Waals surface area contributed by atoms with E-state index in [0.29, 0.717) is 30.1 Å². The highest BCUT2D eigenvalue weighted by atomic mass is 35.5. The van der Waals surface area contributed by atoms with Crippen LogP contribution in [0.25, 0.3) is 11.0 Å². The summed E-state index contributed by atoms with van der Waals surface area (Å²) in [5, 5.41) is 13.1. The molecule has 2 aromatic rings. The highest BCUT2D eigenvalue weighted by Gasteiger charge is 2.37. The minimum Gasteiger partial charge on any atom is -0.480 e. The summed E-state index contributed by atoms with van der Waals surface area (Å²) in [6.07, 6.45) is 0.693. The Morgan fingerprint density at radius 2 is 2.22 bits per heavy atom. The van der Waals surface area contributed by atoms with Crippen molar-refractivity contribution in [2.24, 2.45) is 0 Å². The first kappa shape index (κ1) is 15.8. The van der Waals surface area contributed by atoms with E-state index in [1.54, 1.807) is 29.2 Å². The van der Waals surface area contributed by atoms with Gasteiger partial charge in [-0.3, -0.25) is 14.9 Å². The van der Waals surface area contributed by atoms with Gasteiger partial charge in [0.25, 0.3) is 5.91 Å². The van der Waals surface area contributed by atoms with E-state index in [1.807, 2.05) is 6.92 Å². The number of benzene rings is 1. The van der Waals surface area contributed by atoms with Gasteiger partial charge in [-0.25, -0.2) is 0 Å². The molecule has 0 spiro atoms. The summed E-state index contributed by atoms with van der Waals surface area (Å²) in [7, 11) is 0. The Morgan fingerprint density at radius 1 is 1.43 bits per heavy atom. The van der Waals surface area contributed by atoms with Crippen molar-refractivity contribution in [3.63, 3.8) is 0 Å². The van der Waals surface area contributed by atoms with Crippen molar-refractivity contribution in [2.45, 2.75) is 18.9 Å². The van der Waals surface area contributed by atoms with E-state index in [-0.39, 0.29) is 18.2 Å². The van der Waals surface area contributed by atoms with E-state index in [0.717, 1.165) is 5.39 Å². The van der Waals surface area contributed by atoms with Gasteiger partial charge in [0, 0.05) is 29.0 Å². The van der Waals surface area contributed by atoms with E-state index in [4.69, 9.17) is 21.1 Å². The lowest BCUT2D eigenvalue weighted by molar-refractivity contribution is -0.136. The third kappa shape index (κ3) is 3.33. The minimum absolute atomic E-state index is 0.123. The Hall–Kier alpha value is -2.05. The van der Waals surface area contributed by atoms with Crippen molar-refractivity contribution in [1.29, 1.82) is 0 Å². The number of carboxylic acids is 1. The van der Waals surface area contributed by atoms with E-state index >= 15 is 0 Å². The third-order valence-electron chi connectivity index (χ3n) is 4.12. The molecular formula is C16H17ClN2O4. The molecule has 1 unspecified atom stereocenters. The molecule has 1 aliphatic heterocycles. The number of aliphatic carboxylic acids is 1. The highest BCUT2D eigenvalue weighted by Crippen LogP contribution is 2.27. The number of carbonyl (C=O) groups is 2. The Bertz CT molecular complexity index is 773. The first-order chi connectivity index (χ1) is 10.9. The second kappa shape index (κ2) is 5.86. The van der Waals surface area contributed by atoms with Crippen LogP contribution in [0.1, 0.15) is 23.9 Å². The summed E-state index contributed by atoms with van der Waals surface area (Å²) < 4.78 is 5.60. The number of carboxylic acid groups (broad SMARTS) is 1. The normalized spacial score (nSPS) is 21.0. The molecule has 1 aromatic carbocycles. The van der Waals surface area contributed by atoms with Crippen LogP contribution in [0, 0.1) is 0 Å². The lowest BCUT2D eigenvalue weighted by atomic mass is 10.0. The van der Waals surface area contributed by atoms with Gasteiger partial charge < -0.3 is 14.4 Å². The monoisotopic (exact) mass is 336 g/mol. The maximum absolute atomic E-state index is 12.6. The van der Waals surface area contributed by atoms with Crippen LogP contribution < -0.4 is 5.32 Å². The molecule has 1 aliphatic rings. The van der Waals surface area contributed by atoms with Crippen LogP contribution in [-0.4, -0.2) is 47.1 Å². The fourth-order valence-electron chi connectivity index (χ4n) is 2.84. The van der Waals surface area contributed by atoms with E-state index in [2.05, 4.69) is 5.32 Å². The van der Waals surface area contributed by atoms with E-state index in [1.165, 1.54) is 0 Å². The van der Waals surface area contributed by atoms with Gasteiger partial charge in [0.15, 0.2) is 5.76 Å². The number of rotatable bonds is 4. The van der Waals surface area contributed by atoms with Crippen molar-refractivity contribution < 1.29 is 19.1 Å². The van der Waals surface area contributed by atoms with Crippen LogP contribution in [0.5, 0.6) is 0 Å². The number of carbonyl (C=O) groups excluding carboxylic acids is 1. The summed E-state index contributed by atoms with van der Waals surface area (Å²) in [4.78, 5) is 25.0. The maximum Gasteiger partial charge on any atom is 0.317 e. The molecule has 0 radical (unpaired) electrons. The molecule has 2 N–H and O–H groups in total. The molecule has 0 bridgehead atoms. The summed E-state index contributed by atoms with van der Waals surface area (Å²) in [5.74, 6) is -0.840. The van der Waals surface area contributed by atoms with Crippen molar-refractivity contribution in [3.05, 3.63) is 35.0 Å². The van der Waals surface area contributed by atoms with Gasteiger partial charge in [0.05, 0.1) is 6.54 Å². The van der Waals surface area contributed by atoms with Crippen LogP contribution in [0.3, 0.4) is 0 Å². The fraction of sp³-hybridized carbons (Fsp3) is 0.375. The molecular weight excluding hydrogens is 320 g/mol. The summed E-state index contributed by atoms with van der Waals surface area (Å²) >= 11 is 5.94. The quantitative estimate of drug-likeness (QED) is 0.895. The van der Waals surface area contributed by atoms with Crippen LogP contribution in [0.2, 0.25) is 5.02 Å². The van der Waals surface area contributed by atoms with Gasteiger partial charge in [-0.05, 0) is 37.6 Å². The molecule has 1 aromatic heterocycles. The molecule has 1 fully saturated rings. The predicted octanol–water partition coefficient (Wildman–Crippen LogP) is 2.37. The largest absolute Gasteiger partial charge is 0.480 e. The van der Waals surface area contributed by atoms with E-state index < -0.39 is 11.5 Å². The van der Waals surface area contributed by atoms with Gasteiger partial charge in [-0.15, -0.1) is 0 Å². The number of nitrogens with one attached hydrogen (secondary N) is 1. The zero-order valence-electron chi connectivity index (χ0n) is 12.6. The zero-order chi connectivity index (χ0) is 16.6. The van der Waals surface area contributed by atoms with Crippen LogP contribution in [-0.2, 0) is 4.79 Å². The Morgan fingerprint density at radius 3 is 2.96 bits per heavy atom. The number of hydrogen-bond acceptors (Lipinski definition) is 4. The Labute approximate surface area is 138 Å². The number of halogens is 1. The Kier molecular flexibility index (Phi) is 4.04. The number of hydrogen-bond donors (Lipinski definition) is 2. The molecule has 1 saturated heterocycles. The summed E-state index contributed by atoms with van der Waals surface area (Å²) in [6.45, 7) is 2.79. The predicted molar refractivity (Wildman–Crippen MR) is 85.8 cm³/mol. The maximum atomic E-state index is 12.6. The number of furan rings is 1. The second-order valence-electron chi connectivity index (χ2n) is 6.08. The first-order valence-electron chi connectivity index (χ1n) is 7.31. The van der Waals surface area contributed by atoms with Crippen LogP contribution >= 0.6 is 11.6 Å². The summed E-state index contributed by atoms with van der Waals surface area (Å²) in [5.41, 5.74) is 0.215. The van der Waals surface area contributed by atoms with E-state index in [9.17, 15) is 9.59 Å². The number of likely N-dealkylation sites (tertiary alicyclic amines) is 1. The fourth-order valence-corrected chi connectivity index (χ4v) is 3.02. The van der Waals surface area contributed by atoms with Crippen molar-refractivity contribution in [3.8, 4) is 0 Å². The van der Waals surface area contributed by atoms with Crippen LogP contribution in [0.15, 0.2) is 28.7 Å². The molecule has 1 atom stereocenters. The zero-order valence-corrected chi connectivity index (χ0v) is 13.4. The van der Waals surface area contributed by atoms with Crippen molar-refractivity contribution in [1.82, 2.24) is 10.2 Å². The molecule has 23 heavy (non-hydrogen) atoms. The molecule has 3 rings (SSSR count). The van der Waals surface area contributed by atoms with Crippen molar-refractivity contribution in [2.75, 3.05) is 19.6 Å². The molecule has 122 valence electrons. The average Bonchev–Trinajstić information content (AvgIpc) is 3.08. The number of amides is 1. The van der Waals surface area contributed by atoms with Gasteiger partial charge in [0.1, 0.15) is 5.58 Å². The molecule has 0 aliphatic carbocycles. The van der Waals surface area contributed by atoms with Gasteiger partial charge in [-0.1, -0.05) is 11.6 Å². The smallest absolute Gasteiger partial charge is 0.317 e. The molecule has 7 heteroatoms. The molecule has 2 heterocycles. The second-order valence-corrected chi connectivity index (χ2v) is 6.51. The topological polar surface area (TPSA) is 82.8 Å². The van der Waals surface area contributed by atoms with Gasteiger partial charge >= 0.3 is 5.97 Å². The van der Waals surface area contributed by atoms with Crippen molar-refractivity contribution >= 4 is 34.4 Å². The average molecular weight is 337 g/mol. The molecule has 0 saturated carbocycles. The minimum atomic E-state index is -0.912. The Balaban J connectivity index is 1.74.